The van der Waals surface area contributed by atoms with Crippen molar-refractivity contribution in [2.45, 2.75) is 52.0 Å². The molecule has 0 aromatic rings. The predicted octanol–water partition coefficient (Wildman–Crippen LogP) is 2.02. The molecule has 0 aromatic carbocycles. The van der Waals surface area contributed by atoms with Gasteiger partial charge in [0, 0.05) is 0 Å². The highest BCUT2D eigenvalue weighted by Gasteiger charge is 2.48. The molecule has 0 spiro atoms. The van der Waals surface area contributed by atoms with Crippen LogP contribution in [0.25, 0.3) is 0 Å². The maximum atomic E-state index is 11.3. The molecule has 0 amide bonds. The summed E-state index contributed by atoms with van der Waals surface area (Å²) in [5.74, 6) is -0.684. The van der Waals surface area contributed by atoms with E-state index in [1.807, 2.05) is 0 Å². The van der Waals surface area contributed by atoms with E-state index in [1.165, 1.54) is 0 Å². The van der Waals surface area contributed by atoms with Crippen LogP contribution < -0.4 is 5.32 Å². The van der Waals surface area contributed by atoms with E-state index in [-0.39, 0.29) is 5.41 Å². The third-order valence-electron chi connectivity index (χ3n) is 3.13. The summed E-state index contributed by atoms with van der Waals surface area (Å²) in [6, 6.07) is 0. The first kappa shape index (κ1) is 11.5. The Hall–Kier alpha value is -0.570. The van der Waals surface area contributed by atoms with Gasteiger partial charge in [-0.15, -0.1) is 0 Å². The number of rotatable bonds is 4. The number of hydrogen-bond acceptors (Lipinski definition) is 2. The zero-order valence-corrected chi connectivity index (χ0v) is 9.39. The average molecular weight is 199 g/mol. The lowest BCUT2D eigenvalue weighted by Gasteiger charge is -2.27. The third-order valence-corrected chi connectivity index (χ3v) is 3.13. The minimum absolute atomic E-state index is 0.166. The quantitative estimate of drug-likeness (QED) is 0.728. The van der Waals surface area contributed by atoms with Gasteiger partial charge in [0.2, 0.25) is 0 Å². The molecule has 2 N–H and O–H groups in total. The Kier molecular flexibility index (Phi) is 3.20. The van der Waals surface area contributed by atoms with Gasteiger partial charge in [0.05, 0.1) is 0 Å². The third kappa shape index (κ3) is 2.27. The van der Waals surface area contributed by atoms with Crippen molar-refractivity contribution in [3.8, 4) is 0 Å². The van der Waals surface area contributed by atoms with Gasteiger partial charge >= 0.3 is 5.97 Å². The summed E-state index contributed by atoms with van der Waals surface area (Å²) in [6.07, 6.45) is 3.48. The topological polar surface area (TPSA) is 49.3 Å². The molecule has 0 aromatic heterocycles. The Balaban J connectivity index is 2.70. The van der Waals surface area contributed by atoms with Crippen LogP contribution >= 0.6 is 0 Å². The smallest absolute Gasteiger partial charge is 0.323 e. The number of carbonyl (C=O) groups is 1. The molecule has 0 saturated heterocycles. The van der Waals surface area contributed by atoms with E-state index in [0.29, 0.717) is 0 Å². The highest BCUT2D eigenvalue weighted by atomic mass is 16.4. The molecule has 3 heteroatoms. The molecule has 3 nitrogen and oxygen atoms in total. The number of carboxylic acid groups (broad SMARTS) is 1. The second-order valence-electron chi connectivity index (χ2n) is 5.16. The van der Waals surface area contributed by atoms with Crippen molar-refractivity contribution in [2.75, 3.05) is 6.54 Å². The van der Waals surface area contributed by atoms with Gasteiger partial charge in [-0.3, -0.25) is 4.79 Å². The standard InChI is InChI=1S/C11H21NO2/c1-4-7-12-11(9(13)14)6-5-10(2,3)8-11/h12H,4-8H2,1-3H3,(H,13,14). The molecule has 0 bridgehead atoms. The molecular weight excluding hydrogens is 178 g/mol. The number of hydrogen-bond donors (Lipinski definition) is 2. The Morgan fingerprint density at radius 2 is 2.07 bits per heavy atom. The monoisotopic (exact) mass is 199 g/mol. The van der Waals surface area contributed by atoms with Crippen molar-refractivity contribution in [1.82, 2.24) is 5.32 Å². The molecule has 14 heavy (non-hydrogen) atoms. The SMILES string of the molecule is CCCNC1(C(=O)O)CCC(C)(C)C1. The van der Waals surface area contributed by atoms with Crippen LogP contribution in [0.3, 0.4) is 0 Å². The largest absolute Gasteiger partial charge is 0.480 e. The van der Waals surface area contributed by atoms with Gasteiger partial charge in [-0.05, 0) is 37.6 Å². The van der Waals surface area contributed by atoms with E-state index >= 15 is 0 Å². The summed E-state index contributed by atoms with van der Waals surface area (Å²) < 4.78 is 0. The molecule has 1 aliphatic rings. The van der Waals surface area contributed by atoms with Gasteiger partial charge in [0.1, 0.15) is 5.54 Å². The molecule has 82 valence electrons. The Labute approximate surface area is 85.9 Å². The van der Waals surface area contributed by atoms with E-state index in [1.54, 1.807) is 0 Å². The van der Waals surface area contributed by atoms with Crippen molar-refractivity contribution < 1.29 is 9.90 Å². The van der Waals surface area contributed by atoms with Crippen LogP contribution in [0.15, 0.2) is 0 Å². The van der Waals surface area contributed by atoms with Crippen molar-refractivity contribution >= 4 is 5.97 Å². The van der Waals surface area contributed by atoms with Gasteiger partial charge in [-0.25, -0.2) is 0 Å². The summed E-state index contributed by atoms with van der Waals surface area (Å²) in [5, 5.41) is 12.5. The Morgan fingerprint density at radius 1 is 1.43 bits per heavy atom. The van der Waals surface area contributed by atoms with Crippen LogP contribution in [0.2, 0.25) is 0 Å². The molecule has 0 radical (unpaired) electrons. The van der Waals surface area contributed by atoms with E-state index in [9.17, 15) is 9.90 Å². The fourth-order valence-corrected chi connectivity index (χ4v) is 2.32. The minimum atomic E-state index is -0.684. The Morgan fingerprint density at radius 3 is 2.43 bits per heavy atom. The van der Waals surface area contributed by atoms with Crippen molar-refractivity contribution in [3.63, 3.8) is 0 Å². The zero-order chi connectivity index (χ0) is 10.8. The summed E-state index contributed by atoms with van der Waals surface area (Å²) in [4.78, 5) is 11.3. The molecule has 0 heterocycles. The van der Waals surface area contributed by atoms with Gasteiger partial charge in [0.15, 0.2) is 0 Å². The van der Waals surface area contributed by atoms with Gasteiger partial charge < -0.3 is 10.4 Å². The minimum Gasteiger partial charge on any atom is -0.480 e. The van der Waals surface area contributed by atoms with Crippen molar-refractivity contribution in [1.29, 1.82) is 0 Å². The van der Waals surface area contributed by atoms with Crippen LogP contribution in [0.1, 0.15) is 46.5 Å². The second kappa shape index (κ2) is 3.89. The lowest BCUT2D eigenvalue weighted by Crippen LogP contribution is -2.50. The lowest BCUT2D eigenvalue weighted by atomic mass is 9.87. The molecule has 1 unspecified atom stereocenters. The number of carboxylic acids is 1. The predicted molar refractivity (Wildman–Crippen MR) is 56.3 cm³/mol. The normalized spacial score (nSPS) is 30.5. The van der Waals surface area contributed by atoms with Crippen molar-refractivity contribution in [3.05, 3.63) is 0 Å². The van der Waals surface area contributed by atoms with Crippen LogP contribution in [-0.4, -0.2) is 23.2 Å². The zero-order valence-electron chi connectivity index (χ0n) is 9.39. The van der Waals surface area contributed by atoms with Gasteiger partial charge in [-0.2, -0.15) is 0 Å². The molecule has 1 saturated carbocycles. The average Bonchev–Trinajstić information content (AvgIpc) is 2.40. The van der Waals surface area contributed by atoms with E-state index in [0.717, 1.165) is 32.2 Å². The van der Waals surface area contributed by atoms with Crippen molar-refractivity contribution in [2.24, 2.45) is 5.41 Å². The fraction of sp³-hybridized carbons (Fsp3) is 0.909. The molecule has 1 aliphatic carbocycles. The highest BCUT2D eigenvalue weighted by molar-refractivity contribution is 5.79. The molecular formula is C11H21NO2. The highest BCUT2D eigenvalue weighted by Crippen LogP contribution is 2.43. The molecule has 1 fully saturated rings. The number of aliphatic carboxylic acids is 1. The first-order chi connectivity index (χ1) is 6.42. The molecule has 0 aliphatic heterocycles. The van der Waals surface area contributed by atoms with Crippen LogP contribution in [0.4, 0.5) is 0 Å². The van der Waals surface area contributed by atoms with Crippen LogP contribution in [0, 0.1) is 5.41 Å². The summed E-state index contributed by atoms with van der Waals surface area (Å²) >= 11 is 0. The van der Waals surface area contributed by atoms with E-state index in [2.05, 4.69) is 26.1 Å². The molecule has 1 rings (SSSR count). The Bertz CT molecular complexity index is 225. The van der Waals surface area contributed by atoms with E-state index in [4.69, 9.17) is 0 Å². The fourth-order valence-electron chi connectivity index (χ4n) is 2.32. The van der Waals surface area contributed by atoms with Gasteiger partial charge in [-0.1, -0.05) is 20.8 Å². The number of nitrogens with one attached hydrogen (secondary N) is 1. The van der Waals surface area contributed by atoms with E-state index < -0.39 is 11.5 Å². The first-order valence-corrected chi connectivity index (χ1v) is 5.40. The maximum Gasteiger partial charge on any atom is 0.323 e. The summed E-state index contributed by atoms with van der Waals surface area (Å²) in [5.41, 5.74) is -0.487. The maximum absolute atomic E-state index is 11.3. The van der Waals surface area contributed by atoms with Gasteiger partial charge in [0.25, 0.3) is 0 Å². The lowest BCUT2D eigenvalue weighted by molar-refractivity contribution is -0.145. The first-order valence-electron chi connectivity index (χ1n) is 5.40. The second-order valence-corrected chi connectivity index (χ2v) is 5.16. The van der Waals surface area contributed by atoms with Crippen LogP contribution in [-0.2, 0) is 4.79 Å². The summed E-state index contributed by atoms with van der Waals surface area (Å²) in [7, 11) is 0. The van der Waals surface area contributed by atoms with Crippen LogP contribution in [0.5, 0.6) is 0 Å². The molecule has 1 atom stereocenters. The summed E-state index contributed by atoms with van der Waals surface area (Å²) in [6.45, 7) is 7.14.